The normalized spacial score (nSPS) is 21.6. The lowest BCUT2D eigenvalue weighted by Crippen LogP contribution is -2.51. The number of rotatable bonds is 2. The van der Waals surface area contributed by atoms with E-state index in [-0.39, 0.29) is 24.2 Å². The molecule has 5 heteroatoms. The maximum absolute atomic E-state index is 11.9. The maximum Gasteiger partial charge on any atom is 0.410 e. The van der Waals surface area contributed by atoms with Gasteiger partial charge in [0.05, 0.1) is 6.61 Å². The van der Waals surface area contributed by atoms with E-state index in [0.29, 0.717) is 13.1 Å². The minimum Gasteiger partial charge on any atom is -0.444 e. The van der Waals surface area contributed by atoms with E-state index in [1.54, 1.807) is 4.90 Å². The smallest absolute Gasteiger partial charge is 0.410 e. The molecular formula is C13H26N2O3. The van der Waals surface area contributed by atoms with Crippen LogP contribution in [0, 0.1) is 5.41 Å². The number of piperidine rings is 1. The predicted octanol–water partition coefficient (Wildman–Crippen LogP) is 1.34. The van der Waals surface area contributed by atoms with Crippen molar-refractivity contribution in [1.82, 2.24) is 4.90 Å². The van der Waals surface area contributed by atoms with Crippen molar-refractivity contribution < 1.29 is 14.6 Å². The first kappa shape index (κ1) is 15.2. The highest BCUT2D eigenvalue weighted by Crippen LogP contribution is 2.33. The molecule has 0 saturated carbocycles. The maximum atomic E-state index is 11.9. The summed E-state index contributed by atoms with van der Waals surface area (Å²) < 4.78 is 5.34. The molecule has 0 aromatic heterocycles. The third-order valence-corrected chi connectivity index (χ3v) is 3.65. The van der Waals surface area contributed by atoms with Crippen LogP contribution in [-0.4, -0.2) is 47.4 Å². The van der Waals surface area contributed by atoms with Crippen LogP contribution in [0.2, 0.25) is 0 Å². The molecule has 1 atom stereocenters. The van der Waals surface area contributed by atoms with Crippen LogP contribution >= 0.6 is 0 Å². The van der Waals surface area contributed by atoms with Crippen molar-refractivity contribution in [2.45, 2.75) is 52.2 Å². The summed E-state index contributed by atoms with van der Waals surface area (Å²) in [6.07, 6.45) is 1.34. The topological polar surface area (TPSA) is 75.8 Å². The standard InChI is InChI=1S/C13H26N2O3/c1-12(2,3)18-11(17)15-7-5-13(4,6-8-15)10(14)9-16/h10,16H,5-9,14H2,1-4H3/t10-/m1/s1. The number of hydrogen-bond donors (Lipinski definition) is 2. The van der Waals surface area contributed by atoms with Crippen molar-refractivity contribution in [3.63, 3.8) is 0 Å². The number of hydrogen-bond acceptors (Lipinski definition) is 4. The highest BCUT2D eigenvalue weighted by molar-refractivity contribution is 5.68. The molecule has 0 spiro atoms. The zero-order valence-electron chi connectivity index (χ0n) is 11.9. The lowest BCUT2D eigenvalue weighted by atomic mass is 9.75. The highest BCUT2D eigenvalue weighted by Gasteiger charge is 2.37. The van der Waals surface area contributed by atoms with Crippen LogP contribution in [0.3, 0.4) is 0 Å². The summed E-state index contributed by atoms with van der Waals surface area (Å²) in [7, 11) is 0. The molecule has 0 aliphatic carbocycles. The summed E-state index contributed by atoms with van der Waals surface area (Å²) in [5, 5.41) is 9.15. The second-order valence-corrected chi connectivity index (χ2v) is 6.41. The highest BCUT2D eigenvalue weighted by atomic mass is 16.6. The minimum absolute atomic E-state index is 0.0110. The first-order valence-electron chi connectivity index (χ1n) is 6.52. The molecule has 0 aromatic carbocycles. The van der Waals surface area contributed by atoms with Crippen molar-refractivity contribution in [1.29, 1.82) is 0 Å². The Bertz CT molecular complexity index is 291. The summed E-state index contributed by atoms with van der Waals surface area (Å²) in [5.74, 6) is 0. The van der Waals surface area contributed by atoms with E-state index >= 15 is 0 Å². The Labute approximate surface area is 109 Å². The molecule has 1 amide bonds. The van der Waals surface area contributed by atoms with Crippen molar-refractivity contribution in [2.24, 2.45) is 11.1 Å². The van der Waals surface area contributed by atoms with E-state index in [9.17, 15) is 4.79 Å². The number of nitrogens with zero attached hydrogens (tertiary/aromatic N) is 1. The van der Waals surface area contributed by atoms with Crippen LogP contribution in [-0.2, 0) is 4.74 Å². The summed E-state index contributed by atoms with van der Waals surface area (Å²) in [6.45, 7) is 8.92. The second-order valence-electron chi connectivity index (χ2n) is 6.41. The van der Waals surface area contributed by atoms with E-state index in [0.717, 1.165) is 12.8 Å². The van der Waals surface area contributed by atoms with Gasteiger partial charge < -0.3 is 20.5 Å². The van der Waals surface area contributed by atoms with E-state index < -0.39 is 5.60 Å². The number of nitrogens with two attached hydrogens (primary N) is 1. The second kappa shape index (κ2) is 5.45. The number of amides is 1. The molecule has 1 aliphatic rings. The third kappa shape index (κ3) is 3.85. The lowest BCUT2D eigenvalue weighted by Gasteiger charge is -2.42. The molecule has 1 saturated heterocycles. The van der Waals surface area contributed by atoms with Gasteiger partial charge in [0.2, 0.25) is 0 Å². The van der Waals surface area contributed by atoms with Gasteiger partial charge in [-0.15, -0.1) is 0 Å². The van der Waals surface area contributed by atoms with Crippen LogP contribution in [0.25, 0.3) is 0 Å². The van der Waals surface area contributed by atoms with E-state index in [4.69, 9.17) is 15.6 Å². The first-order valence-corrected chi connectivity index (χ1v) is 6.52. The number of aliphatic hydroxyl groups excluding tert-OH is 1. The van der Waals surface area contributed by atoms with Crippen LogP contribution in [0.15, 0.2) is 0 Å². The van der Waals surface area contributed by atoms with Crippen LogP contribution in [0.1, 0.15) is 40.5 Å². The molecule has 1 rings (SSSR count). The SMILES string of the molecule is CC(C)(C)OC(=O)N1CCC(C)([C@H](N)CO)CC1. The molecule has 5 nitrogen and oxygen atoms in total. The molecule has 106 valence electrons. The lowest BCUT2D eigenvalue weighted by molar-refractivity contribution is 0.00631. The number of likely N-dealkylation sites (tertiary alicyclic amines) is 1. The average Bonchev–Trinajstić information content (AvgIpc) is 2.26. The van der Waals surface area contributed by atoms with Crippen molar-refractivity contribution in [2.75, 3.05) is 19.7 Å². The number of aliphatic hydroxyl groups is 1. The Morgan fingerprint density at radius 3 is 2.33 bits per heavy atom. The van der Waals surface area contributed by atoms with Crippen LogP contribution < -0.4 is 5.73 Å². The number of carbonyl (C=O) groups excluding carboxylic acids is 1. The Morgan fingerprint density at radius 1 is 1.44 bits per heavy atom. The van der Waals surface area contributed by atoms with Crippen molar-refractivity contribution >= 4 is 6.09 Å². The van der Waals surface area contributed by atoms with E-state index in [1.165, 1.54) is 0 Å². The predicted molar refractivity (Wildman–Crippen MR) is 70.2 cm³/mol. The van der Waals surface area contributed by atoms with Gasteiger partial charge in [-0.05, 0) is 39.0 Å². The van der Waals surface area contributed by atoms with Gasteiger partial charge in [0.15, 0.2) is 0 Å². The minimum atomic E-state index is -0.459. The van der Waals surface area contributed by atoms with E-state index in [1.807, 2.05) is 20.8 Å². The first-order chi connectivity index (χ1) is 8.18. The van der Waals surface area contributed by atoms with Gasteiger partial charge in [-0.25, -0.2) is 4.79 Å². The van der Waals surface area contributed by atoms with Gasteiger partial charge in [-0.2, -0.15) is 0 Å². The van der Waals surface area contributed by atoms with Gasteiger partial charge >= 0.3 is 6.09 Å². The molecule has 1 heterocycles. The van der Waals surface area contributed by atoms with Gasteiger partial charge in [-0.3, -0.25) is 0 Å². The molecule has 1 fully saturated rings. The van der Waals surface area contributed by atoms with Gasteiger partial charge in [0.25, 0.3) is 0 Å². The molecular weight excluding hydrogens is 232 g/mol. The van der Waals surface area contributed by atoms with Gasteiger partial charge in [0, 0.05) is 19.1 Å². The summed E-state index contributed by atoms with van der Waals surface area (Å²) >= 11 is 0. The Kier molecular flexibility index (Phi) is 4.61. The summed E-state index contributed by atoms with van der Waals surface area (Å²) in [5.41, 5.74) is 5.37. The van der Waals surface area contributed by atoms with Crippen molar-refractivity contribution in [3.8, 4) is 0 Å². The summed E-state index contributed by atoms with van der Waals surface area (Å²) in [6, 6.07) is -0.224. The molecule has 3 N–H and O–H groups in total. The fourth-order valence-corrected chi connectivity index (χ4v) is 2.12. The number of ether oxygens (including phenoxy) is 1. The Morgan fingerprint density at radius 2 is 1.94 bits per heavy atom. The van der Waals surface area contributed by atoms with Crippen LogP contribution in [0.4, 0.5) is 4.79 Å². The van der Waals surface area contributed by atoms with Gasteiger partial charge in [0.1, 0.15) is 5.60 Å². The average molecular weight is 258 g/mol. The van der Waals surface area contributed by atoms with E-state index in [2.05, 4.69) is 6.92 Å². The molecule has 1 aliphatic heterocycles. The Hall–Kier alpha value is -0.810. The fraction of sp³-hybridized carbons (Fsp3) is 0.923. The van der Waals surface area contributed by atoms with Crippen LogP contribution in [0.5, 0.6) is 0 Å². The zero-order chi connectivity index (χ0) is 14.0. The molecule has 0 bridgehead atoms. The quantitative estimate of drug-likeness (QED) is 0.784. The largest absolute Gasteiger partial charge is 0.444 e. The van der Waals surface area contributed by atoms with Gasteiger partial charge in [-0.1, -0.05) is 6.92 Å². The molecule has 0 radical (unpaired) electrons. The molecule has 0 unspecified atom stereocenters. The molecule has 18 heavy (non-hydrogen) atoms. The molecule has 0 aromatic rings. The van der Waals surface area contributed by atoms with Crippen molar-refractivity contribution in [3.05, 3.63) is 0 Å². The summed E-state index contributed by atoms with van der Waals surface area (Å²) in [4.78, 5) is 13.6. The number of carbonyl (C=O) groups is 1. The fourth-order valence-electron chi connectivity index (χ4n) is 2.12. The third-order valence-electron chi connectivity index (χ3n) is 3.65. The Balaban J connectivity index is 2.51. The monoisotopic (exact) mass is 258 g/mol. The zero-order valence-corrected chi connectivity index (χ0v) is 11.9.